The molecule has 0 aliphatic heterocycles. The van der Waals surface area contributed by atoms with Crippen LogP contribution in [0.4, 0.5) is 0 Å². The van der Waals surface area contributed by atoms with Gasteiger partial charge in [-0.25, -0.2) is 0 Å². The van der Waals surface area contributed by atoms with Gasteiger partial charge in [0.15, 0.2) is 0 Å². The van der Waals surface area contributed by atoms with Gasteiger partial charge >= 0.3 is 0 Å². The molecule has 3 nitrogen and oxygen atoms in total. The minimum absolute atomic E-state index is 0.547. The molecule has 0 radical (unpaired) electrons. The molecule has 0 atom stereocenters. The summed E-state index contributed by atoms with van der Waals surface area (Å²) >= 11 is 0. The average molecular weight is 278 g/mol. The summed E-state index contributed by atoms with van der Waals surface area (Å²) in [6, 6.07) is 8.39. The lowest BCUT2D eigenvalue weighted by Gasteiger charge is -2.18. The molecule has 0 spiro atoms. The molecule has 0 amide bonds. The third kappa shape index (κ3) is 6.40. The van der Waals surface area contributed by atoms with Crippen LogP contribution in [0.5, 0.6) is 5.75 Å². The van der Waals surface area contributed by atoms with Gasteiger partial charge in [0.2, 0.25) is 0 Å². The number of benzene rings is 1. The number of rotatable bonds is 10. The Morgan fingerprint density at radius 1 is 1.15 bits per heavy atom. The molecule has 1 N–H and O–H groups in total. The van der Waals surface area contributed by atoms with Gasteiger partial charge in [-0.05, 0) is 36.7 Å². The fraction of sp³-hybridized carbons (Fsp3) is 0.647. The largest absolute Gasteiger partial charge is 0.492 e. The average Bonchev–Trinajstić information content (AvgIpc) is 2.47. The van der Waals surface area contributed by atoms with Gasteiger partial charge in [-0.15, -0.1) is 0 Å². The summed E-state index contributed by atoms with van der Waals surface area (Å²) in [5.41, 5.74) is 1.33. The van der Waals surface area contributed by atoms with E-state index in [0.29, 0.717) is 5.92 Å². The van der Waals surface area contributed by atoms with Gasteiger partial charge in [-0.1, -0.05) is 39.8 Å². The molecule has 1 aromatic carbocycles. The van der Waals surface area contributed by atoms with Crippen molar-refractivity contribution in [1.29, 1.82) is 0 Å². The Hall–Kier alpha value is -1.06. The molecule has 0 heterocycles. The van der Waals surface area contributed by atoms with Crippen molar-refractivity contribution in [2.24, 2.45) is 0 Å². The van der Waals surface area contributed by atoms with Crippen LogP contribution in [0.1, 0.15) is 39.2 Å². The Morgan fingerprint density at radius 2 is 1.90 bits per heavy atom. The van der Waals surface area contributed by atoms with Crippen molar-refractivity contribution in [3.63, 3.8) is 0 Å². The molecule has 0 fully saturated rings. The van der Waals surface area contributed by atoms with Crippen LogP contribution >= 0.6 is 0 Å². The maximum Gasteiger partial charge on any atom is 0.119 e. The maximum absolute atomic E-state index is 5.78. The predicted molar refractivity (Wildman–Crippen MR) is 86.7 cm³/mol. The summed E-state index contributed by atoms with van der Waals surface area (Å²) < 4.78 is 5.78. The summed E-state index contributed by atoms with van der Waals surface area (Å²) in [5, 5.41) is 3.43. The standard InChI is InChI=1S/C17H30N2O/c1-5-19(6-2)12-10-18-11-13-20-17-9-7-8-16(14-17)15(3)4/h7-9,14-15,18H,5-6,10-13H2,1-4H3. The summed E-state index contributed by atoms with van der Waals surface area (Å²) in [7, 11) is 0. The topological polar surface area (TPSA) is 24.5 Å². The van der Waals surface area contributed by atoms with Crippen molar-refractivity contribution in [2.45, 2.75) is 33.6 Å². The lowest BCUT2D eigenvalue weighted by Crippen LogP contribution is -2.33. The van der Waals surface area contributed by atoms with E-state index >= 15 is 0 Å². The van der Waals surface area contributed by atoms with Crippen LogP contribution in [-0.4, -0.2) is 44.2 Å². The Balaban J connectivity index is 2.16. The van der Waals surface area contributed by atoms with Crippen LogP contribution in [-0.2, 0) is 0 Å². The second-order valence-electron chi connectivity index (χ2n) is 5.35. The lowest BCUT2D eigenvalue weighted by atomic mass is 10.0. The number of nitrogens with one attached hydrogen (secondary N) is 1. The van der Waals surface area contributed by atoms with Gasteiger partial charge in [-0.2, -0.15) is 0 Å². The Bertz CT molecular complexity index is 362. The van der Waals surface area contributed by atoms with Gasteiger partial charge < -0.3 is 15.0 Å². The first kappa shape index (κ1) is 17.0. The van der Waals surface area contributed by atoms with Crippen molar-refractivity contribution in [3.05, 3.63) is 29.8 Å². The van der Waals surface area contributed by atoms with Crippen LogP contribution in [0.3, 0.4) is 0 Å². The normalized spacial score (nSPS) is 11.3. The molecule has 0 bridgehead atoms. The molecule has 0 aromatic heterocycles. The van der Waals surface area contributed by atoms with Crippen LogP contribution < -0.4 is 10.1 Å². The van der Waals surface area contributed by atoms with Gasteiger partial charge in [0.25, 0.3) is 0 Å². The number of hydrogen-bond donors (Lipinski definition) is 1. The third-order valence-corrected chi connectivity index (χ3v) is 3.57. The number of hydrogen-bond acceptors (Lipinski definition) is 3. The summed E-state index contributed by atoms with van der Waals surface area (Å²) in [4.78, 5) is 2.42. The molecule has 3 heteroatoms. The van der Waals surface area contributed by atoms with Crippen molar-refractivity contribution in [3.8, 4) is 5.75 Å². The lowest BCUT2D eigenvalue weighted by molar-refractivity contribution is 0.285. The molecule has 0 aliphatic rings. The van der Waals surface area contributed by atoms with E-state index in [2.05, 4.69) is 56.1 Å². The zero-order chi connectivity index (χ0) is 14.8. The first-order valence-electron chi connectivity index (χ1n) is 7.83. The maximum atomic E-state index is 5.78. The van der Waals surface area contributed by atoms with Gasteiger partial charge in [0.1, 0.15) is 12.4 Å². The number of nitrogens with zero attached hydrogens (tertiary/aromatic N) is 1. The fourth-order valence-electron chi connectivity index (χ4n) is 2.11. The van der Waals surface area contributed by atoms with E-state index in [4.69, 9.17) is 4.74 Å². The zero-order valence-electron chi connectivity index (χ0n) is 13.5. The summed E-state index contributed by atoms with van der Waals surface area (Å²) in [6.07, 6.45) is 0. The second kappa shape index (κ2) is 9.78. The van der Waals surface area contributed by atoms with Crippen molar-refractivity contribution < 1.29 is 4.74 Å². The minimum Gasteiger partial charge on any atom is -0.492 e. The van der Waals surface area contributed by atoms with Crippen LogP contribution in [0.2, 0.25) is 0 Å². The summed E-state index contributed by atoms with van der Waals surface area (Å²) in [6.45, 7) is 14.8. The monoisotopic (exact) mass is 278 g/mol. The highest BCUT2D eigenvalue weighted by Crippen LogP contribution is 2.19. The molecular weight excluding hydrogens is 248 g/mol. The third-order valence-electron chi connectivity index (χ3n) is 3.57. The highest BCUT2D eigenvalue weighted by molar-refractivity contribution is 5.30. The molecule has 0 saturated carbocycles. The molecule has 0 saturated heterocycles. The Kier molecular flexibility index (Phi) is 8.31. The van der Waals surface area contributed by atoms with Crippen LogP contribution in [0, 0.1) is 0 Å². The van der Waals surface area contributed by atoms with Crippen molar-refractivity contribution in [2.75, 3.05) is 39.3 Å². The van der Waals surface area contributed by atoms with E-state index in [9.17, 15) is 0 Å². The zero-order valence-corrected chi connectivity index (χ0v) is 13.5. The first-order valence-corrected chi connectivity index (χ1v) is 7.83. The molecule has 20 heavy (non-hydrogen) atoms. The quantitative estimate of drug-likeness (QED) is 0.666. The van der Waals surface area contributed by atoms with Crippen LogP contribution in [0.25, 0.3) is 0 Å². The predicted octanol–water partition coefficient (Wildman–Crippen LogP) is 3.12. The van der Waals surface area contributed by atoms with Crippen molar-refractivity contribution >= 4 is 0 Å². The van der Waals surface area contributed by atoms with E-state index in [-0.39, 0.29) is 0 Å². The smallest absolute Gasteiger partial charge is 0.119 e. The van der Waals surface area contributed by atoms with Gasteiger partial charge in [-0.3, -0.25) is 0 Å². The van der Waals surface area contributed by atoms with E-state index in [1.807, 2.05) is 6.07 Å². The molecule has 1 aromatic rings. The fourth-order valence-corrected chi connectivity index (χ4v) is 2.11. The number of likely N-dealkylation sites (N-methyl/N-ethyl adjacent to an activating group) is 1. The van der Waals surface area contributed by atoms with Gasteiger partial charge in [0.05, 0.1) is 0 Å². The molecule has 0 unspecified atom stereocenters. The van der Waals surface area contributed by atoms with Crippen LogP contribution in [0.15, 0.2) is 24.3 Å². The molecule has 114 valence electrons. The second-order valence-corrected chi connectivity index (χ2v) is 5.35. The first-order chi connectivity index (χ1) is 9.67. The van der Waals surface area contributed by atoms with E-state index < -0.39 is 0 Å². The Morgan fingerprint density at radius 3 is 2.55 bits per heavy atom. The van der Waals surface area contributed by atoms with E-state index in [0.717, 1.165) is 45.1 Å². The van der Waals surface area contributed by atoms with Gasteiger partial charge in [0, 0.05) is 19.6 Å². The molecule has 0 aliphatic carbocycles. The minimum atomic E-state index is 0.547. The summed E-state index contributed by atoms with van der Waals surface area (Å²) in [5.74, 6) is 1.52. The SMILES string of the molecule is CCN(CC)CCNCCOc1cccc(C(C)C)c1. The Labute approximate surface area is 124 Å². The van der Waals surface area contributed by atoms with E-state index in [1.54, 1.807) is 0 Å². The highest BCUT2D eigenvalue weighted by Gasteiger charge is 2.01. The molecular formula is C17H30N2O. The van der Waals surface area contributed by atoms with Crippen molar-refractivity contribution in [1.82, 2.24) is 10.2 Å². The highest BCUT2D eigenvalue weighted by atomic mass is 16.5. The van der Waals surface area contributed by atoms with E-state index in [1.165, 1.54) is 5.56 Å². The number of ether oxygens (including phenoxy) is 1. The molecule has 1 rings (SSSR count).